The normalized spacial score (nSPS) is 15.4. The van der Waals surface area contributed by atoms with Crippen LogP contribution >= 0.6 is 11.6 Å². The molecule has 0 saturated carbocycles. The lowest BCUT2D eigenvalue weighted by Crippen LogP contribution is -2.26. The first-order chi connectivity index (χ1) is 10.1. The maximum absolute atomic E-state index is 12.3. The maximum atomic E-state index is 12.3. The van der Waals surface area contributed by atoms with E-state index in [0.717, 1.165) is 17.5 Å². The molecule has 0 aliphatic heterocycles. The van der Waals surface area contributed by atoms with Crippen molar-refractivity contribution in [2.24, 2.45) is 0 Å². The van der Waals surface area contributed by atoms with E-state index >= 15 is 0 Å². The van der Waals surface area contributed by atoms with Crippen LogP contribution in [0, 0.1) is 6.92 Å². The van der Waals surface area contributed by atoms with Gasteiger partial charge in [-0.3, -0.25) is 4.21 Å². The highest BCUT2D eigenvalue weighted by atomic mass is 35.5. The molecule has 1 N–H and O–H groups in total. The van der Waals surface area contributed by atoms with E-state index in [-0.39, 0.29) is 0 Å². The van der Waals surface area contributed by atoms with E-state index in [1.165, 1.54) is 0 Å². The quantitative estimate of drug-likeness (QED) is 0.824. The smallest absolute Gasteiger partial charge is 0.139 e. The van der Waals surface area contributed by atoms with Gasteiger partial charge < -0.3 is 5.11 Å². The molecule has 0 fully saturated rings. The Labute approximate surface area is 133 Å². The summed E-state index contributed by atoms with van der Waals surface area (Å²) in [5.74, 6) is 0. The third-order valence-corrected chi connectivity index (χ3v) is 5.57. The fourth-order valence-corrected chi connectivity index (χ4v) is 3.56. The summed E-state index contributed by atoms with van der Waals surface area (Å²) in [6, 6.07) is 17.3. The molecule has 2 rings (SSSR count). The standard InChI is InChI=1S/C17H19ClO2S/c1-13-7-10-15(11-8-13)21(20)17(18)16(19)12-9-14-5-3-2-4-6-14/h2-8,10-11,16-17,19H,9,12H2,1H3. The molecule has 0 aliphatic rings. The lowest BCUT2D eigenvalue weighted by Gasteiger charge is -2.16. The van der Waals surface area contributed by atoms with E-state index in [4.69, 9.17) is 11.6 Å². The highest BCUT2D eigenvalue weighted by Gasteiger charge is 2.24. The summed E-state index contributed by atoms with van der Waals surface area (Å²) in [5, 5.41) is 10.1. The minimum atomic E-state index is -1.41. The average molecular weight is 323 g/mol. The Morgan fingerprint density at radius 2 is 1.71 bits per heavy atom. The van der Waals surface area contributed by atoms with E-state index in [1.54, 1.807) is 12.1 Å². The van der Waals surface area contributed by atoms with Crippen molar-refractivity contribution >= 4 is 22.4 Å². The first-order valence-corrected chi connectivity index (χ1v) is 8.56. The zero-order chi connectivity index (χ0) is 15.2. The number of rotatable bonds is 6. The summed E-state index contributed by atoms with van der Waals surface area (Å²) < 4.78 is 11.5. The second-order valence-electron chi connectivity index (χ2n) is 5.05. The van der Waals surface area contributed by atoms with Gasteiger partial charge in [0.2, 0.25) is 0 Å². The van der Waals surface area contributed by atoms with Crippen molar-refractivity contribution in [3.63, 3.8) is 0 Å². The van der Waals surface area contributed by atoms with Crippen LogP contribution in [0.1, 0.15) is 17.5 Å². The predicted octanol–water partition coefficient (Wildman–Crippen LogP) is 3.66. The van der Waals surface area contributed by atoms with Crippen molar-refractivity contribution in [1.29, 1.82) is 0 Å². The van der Waals surface area contributed by atoms with Crippen molar-refractivity contribution in [1.82, 2.24) is 0 Å². The van der Waals surface area contributed by atoms with Crippen LogP contribution in [0.5, 0.6) is 0 Å². The molecule has 21 heavy (non-hydrogen) atoms. The van der Waals surface area contributed by atoms with E-state index in [2.05, 4.69) is 0 Å². The van der Waals surface area contributed by atoms with E-state index in [1.807, 2.05) is 49.4 Å². The van der Waals surface area contributed by atoms with Crippen molar-refractivity contribution in [3.05, 3.63) is 65.7 Å². The predicted molar refractivity (Wildman–Crippen MR) is 88.0 cm³/mol. The van der Waals surface area contributed by atoms with Crippen molar-refractivity contribution in [2.75, 3.05) is 0 Å². The van der Waals surface area contributed by atoms with Crippen LogP contribution in [0.2, 0.25) is 0 Å². The van der Waals surface area contributed by atoms with Gasteiger partial charge in [0.1, 0.15) is 4.71 Å². The van der Waals surface area contributed by atoms with Crippen LogP contribution in [0.4, 0.5) is 0 Å². The van der Waals surface area contributed by atoms with Gasteiger partial charge in [0.05, 0.1) is 16.9 Å². The van der Waals surface area contributed by atoms with Gasteiger partial charge in [-0.05, 0) is 37.5 Å². The summed E-state index contributed by atoms with van der Waals surface area (Å²) in [6.07, 6.45) is 0.417. The number of aryl methyl sites for hydroxylation is 2. The Kier molecular flexibility index (Phi) is 5.97. The zero-order valence-electron chi connectivity index (χ0n) is 11.9. The van der Waals surface area contributed by atoms with Crippen LogP contribution in [0.15, 0.2) is 59.5 Å². The molecule has 2 aromatic rings. The molecular weight excluding hydrogens is 304 g/mol. The fourth-order valence-electron chi connectivity index (χ4n) is 2.04. The Balaban J connectivity index is 1.93. The zero-order valence-corrected chi connectivity index (χ0v) is 13.5. The van der Waals surface area contributed by atoms with Crippen molar-refractivity contribution in [3.8, 4) is 0 Å². The second-order valence-corrected chi connectivity index (χ2v) is 7.36. The minimum Gasteiger partial charge on any atom is -0.391 e. The van der Waals surface area contributed by atoms with Gasteiger partial charge in [0, 0.05) is 4.90 Å². The molecule has 0 heterocycles. The summed E-state index contributed by atoms with van der Waals surface area (Å²) in [6.45, 7) is 1.97. The van der Waals surface area contributed by atoms with Gasteiger partial charge in [-0.25, -0.2) is 0 Å². The number of hydrogen-bond acceptors (Lipinski definition) is 2. The van der Waals surface area contributed by atoms with E-state index in [9.17, 15) is 9.32 Å². The summed E-state index contributed by atoms with van der Waals surface area (Å²) in [7, 11) is -1.41. The van der Waals surface area contributed by atoms with Crippen LogP contribution in [0.25, 0.3) is 0 Å². The number of aliphatic hydroxyl groups is 1. The SMILES string of the molecule is Cc1ccc(S(=O)C(Cl)C(O)CCc2ccccc2)cc1. The molecule has 0 amide bonds. The van der Waals surface area contributed by atoms with Crippen LogP contribution < -0.4 is 0 Å². The molecule has 0 spiro atoms. The largest absolute Gasteiger partial charge is 0.391 e. The van der Waals surface area contributed by atoms with Crippen LogP contribution in [-0.4, -0.2) is 20.1 Å². The monoisotopic (exact) mass is 322 g/mol. The van der Waals surface area contributed by atoms with Gasteiger partial charge in [-0.1, -0.05) is 48.0 Å². The fraction of sp³-hybridized carbons (Fsp3) is 0.294. The number of halogens is 1. The summed E-state index contributed by atoms with van der Waals surface area (Å²) in [5.41, 5.74) is 2.24. The Bertz CT molecular complexity index is 583. The molecule has 0 bridgehead atoms. The van der Waals surface area contributed by atoms with Crippen LogP contribution in [-0.2, 0) is 17.2 Å². The van der Waals surface area contributed by atoms with Crippen molar-refractivity contribution < 1.29 is 9.32 Å². The molecular formula is C17H19ClO2S. The molecule has 2 nitrogen and oxygen atoms in total. The molecule has 0 aliphatic carbocycles. The maximum Gasteiger partial charge on any atom is 0.139 e. The lowest BCUT2D eigenvalue weighted by molar-refractivity contribution is 0.179. The van der Waals surface area contributed by atoms with E-state index in [0.29, 0.717) is 11.3 Å². The van der Waals surface area contributed by atoms with Crippen LogP contribution in [0.3, 0.4) is 0 Å². The topological polar surface area (TPSA) is 37.3 Å². The third-order valence-electron chi connectivity index (χ3n) is 3.33. The molecule has 2 aromatic carbocycles. The average Bonchev–Trinajstić information content (AvgIpc) is 2.53. The molecule has 3 unspecified atom stereocenters. The summed E-state index contributed by atoms with van der Waals surface area (Å²) >= 11 is 6.17. The lowest BCUT2D eigenvalue weighted by atomic mass is 10.1. The molecule has 0 aromatic heterocycles. The van der Waals surface area contributed by atoms with Gasteiger partial charge in [-0.15, -0.1) is 11.6 Å². The molecule has 4 heteroatoms. The number of aliphatic hydroxyl groups excluding tert-OH is 1. The number of benzene rings is 2. The second kappa shape index (κ2) is 7.74. The van der Waals surface area contributed by atoms with Gasteiger partial charge in [0.15, 0.2) is 0 Å². The first-order valence-electron chi connectivity index (χ1n) is 6.91. The number of alkyl halides is 1. The third kappa shape index (κ3) is 4.67. The van der Waals surface area contributed by atoms with E-state index < -0.39 is 21.6 Å². The number of hydrogen-bond donors (Lipinski definition) is 1. The Morgan fingerprint density at radius 3 is 2.33 bits per heavy atom. The van der Waals surface area contributed by atoms with Gasteiger partial charge in [0.25, 0.3) is 0 Å². The Hall–Kier alpha value is -1.16. The Morgan fingerprint density at radius 1 is 1.10 bits per heavy atom. The van der Waals surface area contributed by atoms with Crippen molar-refractivity contribution in [2.45, 2.75) is 35.5 Å². The molecule has 3 atom stereocenters. The first kappa shape index (κ1) is 16.2. The molecule has 112 valence electrons. The molecule has 0 saturated heterocycles. The highest BCUT2D eigenvalue weighted by Crippen LogP contribution is 2.20. The van der Waals surface area contributed by atoms with Gasteiger partial charge >= 0.3 is 0 Å². The highest BCUT2D eigenvalue weighted by molar-refractivity contribution is 7.87. The minimum absolute atomic E-state index is 0.496. The summed E-state index contributed by atoms with van der Waals surface area (Å²) in [4.78, 5) is 0.652. The molecule has 0 radical (unpaired) electrons. The van der Waals surface area contributed by atoms with Gasteiger partial charge in [-0.2, -0.15) is 0 Å².